The Hall–Kier alpha value is -4.00. The number of nitrogens with one attached hydrogen (secondary N) is 2. The van der Waals surface area contributed by atoms with Crippen LogP contribution in [-0.4, -0.2) is 51.1 Å². The minimum Gasteiger partial charge on any atom is -0.495 e. The first-order valence-electron chi connectivity index (χ1n) is 13.0. The maximum Gasteiger partial charge on any atom is 0.255 e. The van der Waals surface area contributed by atoms with Crippen LogP contribution in [0.25, 0.3) is 0 Å². The highest BCUT2D eigenvalue weighted by Crippen LogP contribution is 2.31. The number of amides is 2. The minimum absolute atomic E-state index is 0.0898. The van der Waals surface area contributed by atoms with Crippen molar-refractivity contribution in [3.63, 3.8) is 0 Å². The predicted molar refractivity (Wildman–Crippen MR) is 148 cm³/mol. The number of carbonyl (C=O) groups is 2. The molecule has 1 saturated carbocycles. The fourth-order valence-electron chi connectivity index (χ4n) is 4.74. The molecule has 1 aliphatic heterocycles. The average Bonchev–Trinajstić information content (AvgIpc) is 3.77. The van der Waals surface area contributed by atoms with E-state index in [1.807, 2.05) is 54.6 Å². The molecule has 192 valence electrons. The van der Waals surface area contributed by atoms with Crippen LogP contribution in [0.15, 0.2) is 66.7 Å². The van der Waals surface area contributed by atoms with E-state index in [9.17, 15) is 9.59 Å². The first kappa shape index (κ1) is 24.7. The van der Waals surface area contributed by atoms with E-state index < -0.39 is 0 Å². The summed E-state index contributed by atoms with van der Waals surface area (Å²) in [5.74, 6) is 0.590. The Morgan fingerprint density at radius 1 is 0.865 bits per heavy atom. The number of hydrogen-bond donors (Lipinski definition) is 2. The number of aryl methyl sites for hydroxylation is 1. The number of methoxy groups -OCH3 is 1. The first-order valence-corrected chi connectivity index (χ1v) is 13.0. The molecule has 0 bridgehead atoms. The van der Waals surface area contributed by atoms with Gasteiger partial charge < -0.3 is 25.2 Å². The Kier molecular flexibility index (Phi) is 7.30. The molecule has 3 aromatic carbocycles. The third-order valence-corrected chi connectivity index (χ3v) is 7.08. The normalized spacial score (nSPS) is 15.3. The van der Waals surface area contributed by atoms with Gasteiger partial charge in [0.2, 0.25) is 0 Å². The summed E-state index contributed by atoms with van der Waals surface area (Å²) in [6.07, 6.45) is 2.96. The van der Waals surface area contributed by atoms with Gasteiger partial charge in [-0.1, -0.05) is 31.2 Å². The van der Waals surface area contributed by atoms with Crippen LogP contribution in [-0.2, 0) is 6.42 Å². The molecule has 1 aliphatic carbocycles. The lowest BCUT2D eigenvalue weighted by Gasteiger charge is -2.38. The lowest BCUT2D eigenvalue weighted by Crippen LogP contribution is -2.47. The van der Waals surface area contributed by atoms with Crippen molar-refractivity contribution in [2.24, 2.45) is 0 Å². The molecule has 2 fully saturated rings. The molecule has 7 nitrogen and oxygen atoms in total. The van der Waals surface area contributed by atoms with Gasteiger partial charge in [-0.2, -0.15) is 0 Å². The van der Waals surface area contributed by atoms with Gasteiger partial charge >= 0.3 is 0 Å². The van der Waals surface area contributed by atoms with Gasteiger partial charge in [-0.25, -0.2) is 0 Å². The largest absolute Gasteiger partial charge is 0.495 e. The Bertz CT molecular complexity index is 1260. The molecular formula is C30H34N4O3. The summed E-state index contributed by atoms with van der Waals surface area (Å²) in [4.78, 5) is 30.7. The summed E-state index contributed by atoms with van der Waals surface area (Å²) in [7, 11) is 1.69. The number of carbonyl (C=O) groups excluding carboxylic acids is 2. The van der Waals surface area contributed by atoms with Gasteiger partial charge in [-0.3, -0.25) is 9.59 Å². The molecule has 37 heavy (non-hydrogen) atoms. The highest BCUT2D eigenvalue weighted by atomic mass is 16.5. The predicted octanol–water partition coefficient (Wildman–Crippen LogP) is 4.73. The van der Waals surface area contributed by atoms with E-state index in [1.165, 1.54) is 5.56 Å². The van der Waals surface area contributed by atoms with Gasteiger partial charge in [0.15, 0.2) is 0 Å². The Balaban J connectivity index is 1.34. The Labute approximate surface area is 218 Å². The lowest BCUT2D eigenvalue weighted by molar-refractivity contribution is 0.0950. The Morgan fingerprint density at radius 2 is 1.54 bits per heavy atom. The van der Waals surface area contributed by atoms with Gasteiger partial charge in [-0.15, -0.1) is 0 Å². The standard InChI is InChI=1S/C30H34N4O3/c1-3-21-8-10-22(11-9-21)29(35)32-24-14-15-26(25(20-24)30(36)31-23-12-13-23)33-16-18-34(19-17-33)27-6-4-5-7-28(27)37-2/h4-11,14-15,20,23H,3,12-13,16-19H2,1-2H3,(H,31,36)(H,32,35). The Morgan fingerprint density at radius 3 is 2.19 bits per heavy atom. The van der Waals surface area contributed by atoms with Crippen LogP contribution in [0.1, 0.15) is 46.0 Å². The van der Waals surface area contributed by atoms with Gasteiger partial charge in [0.1, 0.15) is 5.75 Å². The summed E-state index contributed by atoms with van der Waals surface area (Å²) >= 11 is 0. The van der Waals surface area contributed by atoms with Crippen LogP contribution < -0.4 is 25.2 Å². The quantitative estimate of drug-likeness (QED) is 0.470. The zero-order valence-electron chi connectivity index (χ0n) is 21.5. The fraction of sp³-hybridized carbons (Fsp3) is 0.333. The number of anilines is 3. The van der Waals surface area contributed by atoms with E-state index in [2.05, 4.69) is 33.4 Å². The second kappa shape index (κ2) is 10.9. The highest BCUT2D eigenvalue weighted by molar-refractivity contribution is 6.06. The van der Waals surface area contributed by atoms with Crippen LogP contribution in [0.2, 0.25) is 0 Å². The number of piperazine rings is 1. The second-order valence-corrected chi connectivity index (χ2v) is 9.63. The summed E-state index contributed by atoms with van der Waals surface area (Å²) in [5, 5.41) is 6.09. The molecule has 2 amide bonds. The van der Waals surface area contributed by atoms with Crippen molar-refractivity contribution < 1.29 is 14.3 Å². The highest BCUT2D eigenvalue weighted by Gasteiger charge is 2.28. The van der Waals surface area contributed by atoms with E-state index in [4.69, 9.17) is 4.74 Å². The molecule has 1 saturated heterocycles. The molecule has 0 atom stereocenters. The summed E-state index contributed by atoms with van der Waals surface area (Å²) in [6, 6.07) is 21.6. The van der Waals surface area contributed by atoms with Crippen molar-refractivity contribution in [2.75, 3.05) is 48.4 Å². The third kappa shape index (κ3) is 5.71. The van der Waals surface area contributed by atoms with Crippen molar-refractivity contribution in [3.8, 4) is 5.75 Å². The topological polar surface area (TPSA) is 73.9 Å². The number of nitrogens with zero attached hydrogens (tertiary/aromatic N) is 2. The zero-order chi connectivity index (χ0) is 25.8. The van der Waals surface area contributed by atoms with Crippen molar-refractivity contribution >= 4 is 28.9 Å². The first-order chi connectivity index (χ1) is 18.1. The van der Waals surface area contributed by atoms with E-state index in [0.29, 0.717) is 16.8 Å². The number of rotatable bonds is 8. The van der Waals surface area contributed by atoms with E-state index >= 15 is 0 Å². The molecule has 2 aliphatic rings. The molecule has 1 heterocycles. The van der Waals surface area contributed by atoms with Crippen molar-refractivity contribution in [1.29, 1.82) is 0 Å². The van der Waals surface area contributed by atoms with Gasteiger partial charge in [0.05, 0.1) is 18.4 Å². The second-order valence-electron chi connectivity index (χ2n) is 9.63. The van der Waals surface area contributed by atoms with Crippen LogP contribution in [0.3, 0.4) is 0 Å². The summed E-state index contributed by atoms with van der Waals surface area (Å²) < 4.78 is 5.55. The maximum atomic E-state index is 13.2. The number of benzene rings is 3. The molecule has 2 N–H and O–H groups in total. The lowest BCUT2D eigenvalue weighted by atomic mass is 10.1. The molecule has 7 heteroatoms. The van der Waals surface area contributed by atoms with Crippen molar-refractivity contribution in [2.45, 2.75) is 32.2 Å². The SMILES string of the molecule is CCc1ccc(C(=O)Nc2ccc(N3CCN(c4ccccc4OC)CC3)c(C(=O)NC3CC3)c2)cc1. The molecule has 0 spiro atoms. The summed E-state index contributed by atoms with van der Waals surface area (Å²) in [5.41, 5.74) is 4.96. The van der Waals surface area contributed by atoms with Crippen molar-refractivity contribution in [3.05, 3.63) is 83.4 Å². The fourth-order valence-corrected chi connectivity index (χ4v) is 4.74. The number of ether oxygens (including phenoxy) is 1. The summed E-state index contributed by atoms with van der Waals surface area (Å²) in [6.45, 7) is 5.27. The van der Waals surface area contributed by atoms with Gasteiger partial charge in [0.25, 0.3) is 11.8 Å². The molecule has 3 aromatic rings. The van der Waals surface area contributed by atoms with E-state index in [0.717, 1.165) is 62.6 Å². The van der Waals surface area contributed by atoms with E-state index in [-0.39, 0.29) is 17.9 Å². The molecule has 0 radical (unpaired) electrons. The molecule has 0 aromatic heterocycles. The van der Waals surface area contributed by atoms with Crippen molar-refractivity contribution in [1.82, 2.24) is 5.32 Å². The molecule has 5 rings (SSSR count). The smallest absolute Gasteiger partial charge is 0.255 e. The van der Waals surface area contributed by atoms with Gasteiger partial charge in [-0.05, 0) is 67.3 Å². The van der Waals surface area contributed by atoms with Crippen LogP contribution >= 0.6 is 0 Å². The molecular weight excluding hydrogens is 464 g/mol. The van der Waals surface area contributed by atoms with Gasteiger partial charge in [0, 0.05) is 49.2 Å². The monoisotopic (exact) mass is 498 g/mol. The number of para-hydroxylation sites is 2. The maximum absolute atomic E-state index is 13.2. The zero-order valence-corrected chi connectivity index (χ0v) is 21.5. The van der Waals surface area contributed by atoms with Crippen LogP contribution in [0.5, 0.6) is 5.75 Å². The number of hydrogen-bond acceptors (Lipinski definition) is 5. The molecule has 0 unspecified atom stereocenters. The van der Waals surface area contributed by atoms with Crippen LogP contribution in [0.4, 0.5) is 17.1 Å². The average molecular weight is 499 g/mol. The van der Waals surface area contributed by atoms with E-state index in [1.54, 1.807) is 13.2 Å². The minimum atomic E-state index is -0.186. The third-order valence-electron chi connectivity index (χ3n) is 7.08. The van der Waals surface area contributed by atoms with Crippen LogP contribution in [0, 0.1) is 0 Å².